The topological polar surface area (TPSA) is 38.8 Å². The molecule has 4 heteroatoms. The molecule has 1 fully saturated rings. The summed E-state index contributed by atoms with van der Waals surface area (Å²) in [5.41, 5.74) is -1.05. The van der Waals surface area contributed by atoms with Gasteiger partial charge in [0.05, 0.1) is 12.6 Å². The lowest BCUT2D eigenvalue weighted by Crippen LogP contribution is -2.49. The predicted octanol–water partition coefficient (Wildman–Crippen LogP) is 5.11. The fourth-order valence-electron chi connectivity index (χ4n) is 2.94. The Labute approximate surface area is 136 Å². The average molecular weight is 313 g/mol. The molecule has 1 aliphatic rings. The summed E-state index contributed by atoms with van der Waals surface area (Å²) in [6, 6.07) is 0.135. The third-order valence-electron chi connectivity index (χ3n) is 4.06. The van der Waals surface area contributed by atoms with E-state index in [1.807, 2.05) is 34.6 Å². The smallest absolute Gasteiger partial charge is 0.412 e. The van der Waals surface area contributed by atoms with E-state index in [4.69, 9.17) is 9.47 Å². The molecule has 1 saturated heterocycles. The molecular weight excluding hydrogens is 278 g/mol. The number of unbranched alkanes of at least 4 members (excludes halogenated alkanes) is 5. The van der Waals surface area contributed by atoms with E-state index in [9.17, 15) is 4.79 Å². The van der Waals surface area contributed by atoms with Crippen molar-refractivity contribution in [3.8, 4) is 0 Å². The Morgan fingerprint density at radius 2 is 1.77 bits per heavy atom. The van der Waals surface area contributed by atoms with Crippen molar-refractivity contribution in [1.82, 2.24) is 4.90 Å². The first-order chi connectivity index (χ1) is 10.2. The summed E-state index contributed by atoms with van der Waals surface area (Å²) < 4.78 is 11.4. The number of carbonyl (C=O) groups is 1. The van der Waals surface area contributed by atoms with Crippen molar-refractivity contribution < 1.29 is 14.3 Å². The lowest BCUT2D eigenvalue weighted by Gasteiger charge is -2.35. The van der Waals surface area contributed by atoms with E-state index in [0.717, 1.165) is 12.8 Å². The van der Waals surface area contributed by atoms with Gasteiger partial charge in [0.25, 0.3) is 0 Å². The van der Waals surface area contributed by atoms with E-state index >= 15 is 0 Å². The monoisotopic (exact) mass is 313 g/mol. The van der Waals surface area contributed by atoms with Crippen LogP contribution in [0.2, 0.25) is 0 Å². The minimum absolute atomic E-state index is 0.135. The van der Waals surface area contributed by atoms with Crippen molar-refractivity contribution in [3.05, 3.63) is 0 Å². The molecule has 0 aliphatic carbocycles. The van der Waals surface area contributed by atoms with E-state index in [1.54, 1.807) is 4.90 Å². The summed E-state index contributed by atoms with van der Waals surface area (Å²) in [5.74, 6) is 0. The Morgan fingerprint density at radius 1 is 1.18 bits per heavy atom. The van der Waals surface area contributed by atoms with E-state index in [-0.39, 0.29) is 12.1 Å². The highest BCUT2D eigenvalue weighted by molar-refractivity contribution is 5.69. The Morgan fingerprint density at radius 3 is 2.36 bits per heavy atom. The second-order valence-corrected chi connectivity index (χ2v) is 7.82. The highest BCUT2D eigenvalue weighted by Gasteiger charge is 2.45. The molecule has 0 bridgehead atoms. The average Bonchev–Trinajstić information content (AvgIpc) is 2.67. The van der Waals surface area contributed by atoms with Gasteiger partial charge in [-0.15, -0.1) is 0 Å². The fraction of sp³-hybridized carbons (Fsp3) is 0.944. The SMILES string of the molecule is CCCCCCCCC1COC(C)(C)N1C(=O)OC(C)(C)C. The second-order valence-electron chi connectivity index (χ2n) is 7.82. The molecule has 22 heavy (non-hydrogen) atoms. The maximum absolute atomic E-state index is 12.5. The number of ether oxygens (including phenoxy) is 2. The number of amides is 1. The van der Waals surface area contributed by atoms with E-state index in [0.29, 0.717) is 6.61 Å². The van der Waals surface area contributed by atoms with Gasteiger partial charge >= 0.3 is 6.09 Å². The van der Waals surface area contributed by atoms with Gasteiger partial charge < -0.3 is 9.47 Å². The Balaban J connectivity index is 2.49. The number of carbonyl (C=O) groups excluding carboxylic acids is 1. The van der Waals surface area contributed by atoms with E-state index in [1.165, 1.54) is 32.1 Å². The molecule has 4 nitrogen and oxygen atoms in total. The Hall–Kier alpha value is -0.770. The molecule has 1 unspecified atom stereocenters. The first-order valence-corrected chi connectivity index (χ1v) is 8.83. The quantitative estimate of drug-likeness (QED) is 0.613. The number of rotatable bonds is 7. The molecule has 0 aromatic carbocycles. The highest BCUT2D eigenvalue weighted by Crippen LogP contribution is 2.31. The van der Waals surface area contributed by atoms with Crippen LogP contribution in [0.3, 0.4) is 0 Å². The summed E-state index contributed by atoms with van der Waals surface area (Å²) in [5, 5.41) is 0. The third kappa shape index (κ3) is 6.15. The van der Waals surface area contributed by atoms with Crippen molar-refractivity contribution in [2.75, 3.05) is 6.61 Å². The number of hydrogen-bond donors (Lipinski definition) is 0. The van der Waals surface area contributed by atoms with Crippen LogP contribution in [0.25, 0.3) is 0 Å². The molecule has 130 valence electrons. The summed E-state index contributed by atoms with van der Waals surface area (Å²) >= 11 is 0. The molecule has 1 aliphatic heterocycles. The molecule has 0 N–H and O–H groups in total. The van der Waals surface area contributed by atoms with Gasteiger partial charge in [-0.05, 0) is 41.0 Å². The fourth-order valence-corrected chi connectivity index (χ4v) is 2.94. The maximum atomic E-state index is 12.5. The molecule has 1 atom stereocenters. The van der Waals surface area contributed by atoms with Crippen LogP contribution in [-0.4, -0.2) is 35.0 Å². The van der Waals surface area contributed by atoms with Crippen LogP contribution >= 0.6 is 0 Å². The Kier molecular flexibility index (Phi) is 7.17. The zero-order chi connectivity index (χ0) is 16.8. The normalized spacial score (nSPS) is 21.2. The van der Waals surface area contributed by atoms with Crippen LogP contribution in [0.4, 0.5) is 4.79 Å². The van der Waals surface area contributed by atoms with Crippen molar-refractivity contribution in [1.29, 1.82) is 0 Å². The molecular formula is C18H35NO3. The summed E-state index contributed by atoms with van der Waals surface area (Å²) in [6.45, 7) is 12.4. The minimum atomic E-state index is -0.574. The number of hydrogen-bond acceptors (Lipinski definition) is 3. The number of nitrogens with zero attached hydrogens (tertiary/aromatic N) is 1. The van der Waals surface area contributed by atoms with Crippen LogP contribution in [0.5, 0.6) is 0 Å². The van der Waals surface area contributed by atoms with Gasteiger partial charge in [0.2, 0.25) is 0 Å². The van der Waals surface area contributed by atoms with Gasteiger partial charge in [0, 0.05) is 0 Å². The van der Waals surface area contributed by atoms with Crippen molar-refractivity contribution in [2.24, 2.45) is 0 Å². The van der Waals surface area contributed by atoms with Crippen molar-refractivity contribution in [2.45, 2.75) is 104 Å². The van der Waals surface area contributed by atoms with E-state index in [2.05, 4.69) is 6.92 Å². The standard InChI is InChI=1S/C18H35NO3/c1-7-8-9-10-11-12-13-15-14-21-18(5,6)19(15)16(20)22-17(2,3)4/h15H,7-14H2,1-6H3. The molecule has 0 spiro atoms. The molecule has 0 saturated carbocycles. The van der Waals surface area contributed by atoms with Gasteiger partial charge in [0.15, 0.2) is 0 Å². The zero-order valence-electron chi connectivity index (χ0n) is 15.4. The maximum Gasteiger partial charge on any atom is 0.412 e. The molecule has 1 heterocycles. The second kappa shape index (κ2) is 8.19. The first kappa shape index (κ1) is 19.3. The molecule has 0 radical (unpaired) electrons. The van der Waals surface area contributed by atoms with Crippen LogP contribution < -0.4 is 0 Å². The van der Waals surface area contributed by atoms with Crippen molar-refractivity contribution in [3.63, 3.8) is 0 Å². The highest BCUT2D eigenvalue weighted by atomic mass is 16.6. The minimum Gasteiger partial charge on any atom is -0.444 e. The van der Waals surface area contributed by atoms with Gasteiger partial charge in [-0.3, -0.25) is 4.90 Å². The van der Waals surface area contributed by atoms with Crippen LogP contribution in [0, 0.1) is 0 Å². The molecule has 0 aromatic rings. The van der Waals surface area contributed by atoms with Crippen LogP contribution in [-0.2, 0) is 9.47 Å². The lowest BCUT2D eigenvalue weighted by atomic mass is 10.0. The van der Waals surface area contributed by atoms with Gasteiger partial charge in [-0.25, -0.2) is 4.79 Å². The predicted molar refractivity (Wildman–Crippen MR) is 89.9 cm³/mol. The Bertz CT molecular complexity index is 347. The van der Waals surface area contributed by atoms with Gasteiger partial charge in [-0.2, -0.15) is 0 Å². The molecule has 1 amide bonds. The van der Waals surface area contributed by atoms with Crippen molar-refractivity contribution >= 4 is 6.09 Å². The van der Waals surface area contributed by atoms with Gasteiger partial charge in [0.1, 0.15) is 11.3 Å². The summed E-state index contributed by atoms with van der Waals surface area (Å²) in [4.78, 5) is 14.3. The first-order valence-electron chi connectivity index (χ1n) is 8.83. The largest absolute Gasteiger partial charge is 0.444 e. The van der Waals surface area contributed by atoms with Gasteiger partial charge in [-0.1, -0.05) is 45.4 Å². The summed E-state index contributed by atoms with van der Waals surface area (Å²) in [6.07, 6.45) is 8.32. The third-order valence-corrected chi connectivity index (χ3v) is 4.06. The molecule has 0 aromatic heterocycles. The van der Waals surface area contributed by atoms with Crippen LogP contribution in [0.15, 0.2) is 0 Å². The van der Waals surface area contributed by atoms with Crippen LogP contribution in [0.1, 0.15) is 86.5 Å². The lowest BCUT2D eigenvalue weighted by molar-refractivity contribution is -0.0627. The molecule has 1 rings (SSSR count). The summed E-state index contributed by atoms with van der Waals surface area (Å²) in [7, 11) is 0. The zero-order valence-corrected chi connectivity index (χ0v) is 15.4. The van der Waals surface area contributed by atoms with E-state index < -0.39 is 11.3 Å².